The zero-order valence-electron chi connectivity index (χ0n) is 11.9. The highest BCUT2D eigenvalue weighted by atomic mass is 79.9. The number of aryl methyl sites for hydroxylation is 1. The second kappa shape index (κ2) is 6.50. The molecule has 2 aromatic rings. The van der Waals surface area contributed by atoms with Gasteiger partial charge in [0.25, 0.3) is 0 Å². The van der Waals surface area contributed by atoms with E-state index >= 15 is 0 Å². The fraction of sp³-hybridized carbons (Fsp3) is 0.188. The molecule has 0 fully saturated rings. The van der Waals surface area contributed by atoms with Gasteiger partial charge in [-0.05, 0) is 58.7 Å². The van der Waals surface area contributed by atoms with Crippen molar-refractivity contribution in [3.63, 3.8) is 0 Å². The van der Waals surface area contributed by atoms with Crippen molar-refractivity contribution in [2.75, 3.05) is 14.2 Å². The number of hydrogen-bond acceptors (Lipinski definition) is 3. The molecule has 0 saturated carbocycles. The third-order valence-electron chi connectivity index (χ3n) is 3.02. The molecule has 21 heavy (non-hydrogen) atoms. The Bertz CT molecular complexity index is 678. The first-order valence-electron chi connectivity index (χ1n) is 6.19. The van der Waals surface area contributed by atoms with Crippen molar-refractivity contribution in [1.29, 1.82) is 0 Å². The van der Waals surface area contributed by atoms with Crippen LogP contribution in [0.3, 0.4) is 0 Å². The number of halogens is 2. The number of ether oxygens (including phenoxy) is 2. The first-order chi connectivity index (χ1) is 9.96. The highest BCUT2D eigenvalue weighted by Crippen LogP contribution is 2.34. The van der Waals surface area contributed by atoms with Crippen LogP contribution in [0.15, 0.2) is 34.8 Å². The topological polar surface area (TPSA) is 35.5 Å². The van der Waals surface area contributed by atoms with Crippen molar-refractivity contribution in [3.05, 3.63) is 56.5 Å². The van der Waals surface area contributed by atoms with Crippen LogP contribution in [0.2, 0.25) is 5.02 Å². The van der Waals surface area contributed by atoms with E-state index < -0.39 is 0 Å². The van der Waals surface area contributed by atoms with E-state index in [-0.39, 0.29) is 5.78 Å². The number of ketones is 1. The number of carbonyl (C=O) groups is 1. The molecule has 0 radical (unpaired) electrons. The van der Waals surface area contributed by atoms with Crippen molar-refractivity contribution >= 4 is 33.3 Å². The predicted molar refractivity (Wildman–Crippen MR) is 86.9 cm³/mol. The molecular weight excluding hydrogens is 356 g/mol. The Balaban J connectivity index is 2.52. The minimum atomic E-state index is -0.131. The van der Waals surface area contributed by atoms with Gasteiger partial charge in [-0.3, -0.25) is 4.79 Å². The van der Waals surface area contributed by atoms with Crippen LogP contribution in [0.25, 0.3) is 0 Å². The van der Waals surface area contributed by atoms with Gasteiger partial charge in [0.2, 0.25) is 0 Å². The Morgan fingerprint density at radius 3 is 2.24 bits per heavy atom. The van der Waals surface area contributed by atoms with Crippen LogP contribution in [-0.4, -0.2) is 20.0 Å². The van der Waals surface area contributed by atoms with Crippen LogP contribution in [0, 0.1) is 6.92 Å². The molecule has 0 aliphatic heterocycles. The van der Waals surface area contributed by atoms with E-state index in [1.807, 2.05) is 13.0 Å². The van der Waals surface area contributed by atoms with E-state index in [1.165, 1.54) is 7.11 Å². The first-order valence-corrected chi connectivity index (χ1v) is 7.36. The lowest BCUT2D eigenvalue weighted by Crippen LogP contribution is -2.04. The van der Waals surface area contributed by atoms with Crippen molar-refractivity contribution in [2.24, 2.45) is 0 Å². The molecule has 3 nitrogen and oxygen atoms in total. The van der Waals surface area contributed by atoms with Gasteiger partial charge >= 0.3 is 0 Å². The fourth-order valence-electron chi connectivity index (χ4n) is 2.05. The smallest absolute Gasteiger partial charge is 0.194 e. The Morgan fingerprint density at radius 1 is 1.05 bits per heavy atom. The summed E-state index contributed by atoms with van der Waals surface area (Å²) in [6.45, 7) is 1.90. The van der Waals surface area contributed by atoms with Crippen LogP contribution in [-0.2, 0) is 0 Å². The molecule has 5 heteroatoms. The molecule has 0 atom stereocenters. The molecule has 0 amide bonds. The summed E-state index contributed by atoms with van der Waals surface area (Å²) in [6.07, 6.45) is 0. The van der Waals surface area contributed by atoms with Crippen LogP contribution >= 0.6 is 27.5 Å². The molecule has 0 N–H and O–H groups in total. The van der Waals surface area contributed by atoms with Gasteiger partial charge in [-0.25, -0.2) is 0 Å². The molecule has 0 aliphatic carbocycles. The van der Waals surface area contributed by atoms with Crippen LogP contribution < -0.4 is 9.47 Å². The molecule has 0 saturated heterocycles. The van der Waals surface area contributed by atoms with Gasteiger partial charge in [0.15, 0.2) is 17.3 Å². The molecule has 0 bridgehead atoms. The number of hydrogen-bond donors (Lipinski definition) is 0. The maximum Gasteiger partial charge on any atom is 0.194 e. The van der Waals surface area contributed by atoms with Gasteiger partial charge in [0, 0.05) is 20.6 Å². The largest absolute Gasteiger partial charge is 0.493 e. The summed E-state index contributed by atoms with van der Waals surface area (Å²) in [5.74, 6) is 0.930. The van der Waals surface area contributed by atoms with E-state index in [0.717, 1.165) is 5.56 Å². The minimum Gasteiger partial charge on any atom is -0.493 e. The molecule has 0 aliphatic rings. The van der Waals surface area contributed by atoms with E-state index in [4.69, 9.17) is 21.1 Å². The first kappa shape index (κ1) is 15.9. The Kier molecular flexibility index (Phi) is 4.91. The second-order valence-corrected chi connectivity index (χ2v) is 5.82. The standard InChI is InChI=1S/C16H14BrClO3/c1-9-4-10(6-11(18)5-9)16(19)12-7-14(20-2)15(21-3)8-13(12)17/h4-8H,1-3H3. The highest BCUT2D eigenvalue weighted by Gasteiger charge is 2.17. The summed E-state index contributed by atoms with van der Waals surface area (Å²) in [4.78, 5) is 12.7. The molecule has 2 aromatic carbocycles. The summed E-state index contributed by atoms with van der Waals surface area (Å²) in [6, 6.07) is 8.63. The normalized spacial score (nSPS) is 10.3. The van der Waals surface area contributed by atoms with Crippen molar-refractivity contribution in [1.82, 2.24) is 0 Å². The summed E-state index contributed by atoms with van der Waals surface area (Å²) in [5.41, 5.74) is 1.96. The quantitative estimate of drug-likeness (QED) is 0.735. The third kappa shape index (κ3) is 3.39. The predicted octanol–water partition coefficient (Wildman–Crippen LogP) is 4.66. The molecule has 0 heterocycles. The Morgan fingerprint density at radius 2 is 1.67 bits per heavy atom. The zero-order valence-corrected chi connectivity index (χ0v) is 14.2. The zero-order chi connectivity index (χ0) is 15.6. The maximum atomic E-state index is 12.7. The number of carbonyl (C=O) groups excluding carboxylic acids is 1. The molecule has 0 unspecified atom stereocenters. The molecule has 0 aromatic heterocycles. The lowest BCUT2D eigenvalue weighted by atomic mass is 10.0. The van der Waals surface area contributed by atoms with E-state index in [2.05, 4.69) is 15.9 Å². The van der Waals surface area contributed by atoms with Crippen molar-refractivity contribution in [2.45, 2.75) is 6.92 Å². The average Bonchev–Trinajstić information content (AvgIpc) is 2.45. The van der Waals surface area contributed by atoms with Crippen LogP contribution in [0.1, 0.15) is 21.5 Å². The lowest BCUT2D eigenvalue weighted by molar-refractivity contribution is 0.103. The number of benzene rings is 2. The summed E-state index contributed by atoms with van der Waals surface area (Å²) >= 11 is 9.42. The van der Waals surface area contributed by atoms with Crippen molar-refractivity contribution < 1.29 is 14.3 Å². The summed E-state index contributed by atoms with van der Waals surface area (Å²) in [7, 11) is 3.08. The number of rotatable bonds is 4. The van der Waals surface area contributed by atoms with Gasteiger partial charge in [0.05, 0.1) is 14.2 Å². The van der Waals surface area contributed by atoms with Gasteiger partial charge in [-0.15, -0.1) is 0 Å². The molecule has 2 rings (SSSR count). The highest BCUT2D eigenvalue weighted by molar-refractivity contribution is 9.10. The van der Waals surface area contributed by atoms with Crippen molar-refractivity contribution in [3.8, 4) is 11.5 Å². The molecular formula is C16H14BrClO3. The van der Waals surface area contributed by atoms with Crippen LogP contribution in [0.4, 0.5) is 0 Å². The van der Waals surface area contributed by atoms with Gasteiger partial charge < -0.3 is 9.47 Å². The Labute approximate surface area is 137 Å². The van der Waals surface area contributed by atoms with E-state index in [0.29, 0.717) is 32.1 Å². The third-order valence-corrected chi connectivity index (χ3v) is 3.90. The van der Waals surface area contributed by atoms with E-state index in [1.54, 1.807) is 31.4 Å². The van der Waals surface area contributed by atoms with E-state index in [9.17, 15) is 4.79 Å². The van der Waals surface area contributed by atoms with Gasteiger partial charge in [-0.2, -0.15) is 0 Å². The SMILES string of the molecule is COc1cc(Br)c(C(=O)c2cc(C)cc(Cl)c2)cc1OC. The second-order valence-electron chi connectivity index (χ2n) is 4.53. The lowest BCUT2D eigenvalue weighted by Gasteiger charge is -2.11. The fourth-order valence-corrected chi connectivity index (χ4v) is 2.84. The maximum absolute atomic E-state index is 12.7. The molecule has 110 valence electrons. The van der Waals surface area contributed by atoms with Crippen LogP contribution in [0.5, 0.6) is 11.5 Å². The summed E-state index contributed by atoms with van der Waals surface area (Å²) < 4.78 is 11.1. The number of methoxy groups -OCH3 is 2. The minimum absolute atomic E-state index is 0.131. The van der Waals surface area contributed by atoms with Gasteiger partial charge in [0.1, 0.15) is 0 Å². The Hall–Kier alpha value is -1.52. The molecule has 0 spiro atoms. The summed E-state index contributed by atoms with van der Waals surface area (Å²) in [5, 5.41) is 0.537. The average molecular weight is 370 g/mol. The van der Waals surface area contributed by atoms with Gasteiger partial charge in [-0.1, -0.05) is 11.6 Å². The monoisotopic (exact) mass is 368 g/mol.